The van der Waals surface area contributed by atoms with Crippen LogP contribution in [0.1, 0.15) is 31.1 Å². The molecule has 2 amide bonds. The minimum absolute atomic E-state index is 0.0446. The number of ether oxygens (including phenoxy) is 1. The summed E-state index contributed by atoms with van der Waals surface area (Å²) in [5.41, 5.74) is 1.66. The number of fused-ring (bicyclic) bond motifs is 1. The fraction of sp³-hybridized carbons (Fsp3) is 0.350. The fourth-order valence-electron chi connectivity index (χ4n) is 3.58. The van der Waals surface area contributed by atoms with Crippen molar-refractivity contribution >= 4 is 28.1 Å². The lowest BCUT2D eigenvalue weighted by molar-refractivity contribution is -0.167. The van der Waals surface area contributed by atoms with Crippen molar-refractivity contribution in [2.75, 3.05) is 6.61 Å². The van der Waals surface area contributed by atoms with E-state index in [1.165, 1.54) is 0 Å². The lowest BCUT2D eigenvalue weighted by Crippen LogP contribution is -2.56. The van der Waals surface area contributed by atoms with Gasteiger partial charge in [-0.3, -0.25) is 14.0 Å². The first-order valence-electron chi connectivity index (χ1n) is 9.21. The molecule has 1 aliphatic heterocycles. The number of nitrogens with one attached hydrogen (secondary N) is 1. The van der Waals surface area contributed by atoms with E-state index in [-0.39, 0.29) is 24.5 Å². The molecule has 0 spiro atoms. The normalized spacial score (nSPS) is 20.1. The molecule has 4 rings (SSSR count). The Hall–Kier alpha value is -2.71. The molecule has 0 unspecified atom stereocenters. The number of carbonyl (C=O) groups is 2. The number of carbonyl (C=O) groups excluding carboxylic acids is 2. The maximum Gasteiger partial charge on any atom is 0.252 e. The lowest BCUT2D eigenvalue weighted by atomic mass is 9.96. The Kier molecular flexibility index (Phi) is 5.15. The Morgan fingerprint density at radius 3 is 2.86 bits per heavy atom. The Balaban J connectivity index is 1.55. The quantitative estimate of drug-likeness (QED) is 0.716. The molecule has 8 heteroatoms. The van der Waals surface area contributed by atoms with E-state index >= 15 is 0 Å². The number of hydrogen-bond donors (Lipinski definition) is 1. The van der Waals surface area contributed by atoms with Crippen LogP contribution in [-0.2, 0) is 20.9 Å². The van der Waals surface area contributed by atoms with Crippen molar-refractivity contribution in [3.63, 3.8) is 0 Å². The van der Waals surface area contributed by atoms with Crippen molar-refractivity contribution in [1.29, 1.82) is 0 Å². The van der Waals surface area contributed by atoms with Gasteiger partial charge >= 0.3 is 0 Å². The molecular formula is C20H22N4O3S. The van der Waals surface area contributed by atoms with Gasteiger partial charge in [-0.1, -0.05) is 30.3 Å². The van der Waals surface area contributed by atoms with Crippen molar-refractivity contribution in [2.45, 2.75) is 38.6 Å². The number of rotatable bonds is 5. The molecule has 28 heavy (non-hydrogen) atoms. The average molecular weight is 398 g/mol. The van der Waals surface area contributed by atoms with E-state index in [0.29, 0.717) is 6.54 Å². The van der Waals surface area contributed by atoms with Gasteiger partial charge in [0.15, 0.2) is 11.1 Å². The predicted octanol–water partition coefficient (Wildman–Crippen LogP) is 2.39. The molecule has 2 atom stereocenters. The lowest BCUT2D eigenvalue weighted by Gasteiger charge is -2.42. The van der Waals surface area contributed by atoms with E-state index in [1.54, 1.807) is 16.2 Å². The topological polar surface area (TPSA) is 75.9 Å². The summed E-state index contributed by atoms with van der Waals surface area (Å²) >= 11 is 1.54. The van der Waals surface area contributed by atoms with Crippen LogP contribution < -0.4 is 5.32 Å². The largest absolute Gasteiger partial charge is 0.356 e. The van der Waals surface area contributed by atoms with Crippen LogP contribution in [0.4, 0.5) is 0 Å². The van der Waals surface area contributed by atoms with Gasteiger partial charge in [0.05, 0.1) is 18.3 Å². The highest BCUT2D eigenvalue weighted by Crippen LogP contribution is 2.32. The Labute approximate surface area is 166 Å². The number of thiazole rings is 1. The average Bonchev–Trinajstić information content (AvgIpc) is 3.28. The number of benzene rings is 1. The summed E-state index contributed by atoms with van der Waals surface area (Å²) in [4.78, 5) is 32.6. The first-order valence-corrected chi connectivity index (χ1v) is 10.1. The third-order valence-corrected chi connectivity index (χ3v) is 5.57. The van der Waals surface area contributed by atoms with Gasteiger partial charge in [0.1, 0.15) is 6.61 Å². The molecule has 146 valence electrons. The molecule has 0 aliphatic carbocycles. The van der Waals surface area contributed by atoms with Crippen LogP contribution in [0.5, 0.6) is 0 Å². The number of imidazole rings is 1. The van der Waals surface area contributed by atoms with Crippen LogP contribution in [0.2, 0.25) is 0 Å². The minimum Gasteiger partial charge on any atom is -0.356 e. The number of morpholine rings is 1. The Bertz CT molecular complexity index is 953. The molecule has 1 aromatic carbocycles. The van der Waals surface area contributed by atoms with Crippen molar-refractivity contribution in [1.82, 2.24) is 19.6 Å². The van der Waals surface area contributed by atoms with Crippen molar-refractivity contribution < 1.29 is 14.3 Å². The molecular weight excluding hydrogens is 376 g/mol. The second-order valence-electron chi connectivity index (χ2n) is 7.02. The maximum absolute atomic E-state index is 13.0. The van der Waals surface area contributed by atoms with Crippen LogP contribution in [-0.4, -0.2) is 44.9 Å². The monoisotopic (exact) mass is 398 g/mol. The van der Waals surface area contributed by atoms with Gasteiger partial charge < -0.3 is 15.0 Å². The predicted molar refractivity (Wildman–Crippen MR) is 106 cm³/mol. The van der Waals surface area contributed by atoms with Crippen LogP contribution in [0.3, 0.4) is 0 Å². The summed E-state index contributed by atoms with van der Waals surface area (Å²) in [5.74, 6) is -0.356. The fourth-order valence-corrected chi connectivity index (χ4v) is 4.30. The maximum atomic E-state index is 13.0. The molecule has 0 bridgehead atoms. The first kappa shape index (κ1) is 18.6. The zero-order valence-corrected chi connectivity index (χ0v) is 16.6. The van der Waals surface area contributed by atoms with Crippen LogP contribution in [0.15, 0.2) is 48.1 Å². The second kappa shape index (κ2) is 7.73. The molecule has 2 aromatic heterocycles. The molecule has 7 nitrogen and oxygen atoms in total. The highest BCUT2D eigenvalue weighted by molar-refractivity contribution is 7.15. The van der Waals surface area contributed by atoms with E-state index in [9.17, 15) is 9.59 Å². The highest BCUT2D eigenvalue weighted by Gasteiger charge is 2.42. The molecule has 0 saturated carbocycles. The van der Waals surface area contributed by atoms with Gasteiger partial charge in [-0.05, 0) is 19.4 Å². The van der Waals surface area contributed by atoms with E-state index in [2.05, 4.69) is 10.3 Å². The van der Waals surface area contributed by atoms with E-state index < -0.39 is 12.1 Å². The van der Waals surface area contributed by atoms with Gasteiger partial charge in [-0.15, -0.1) is 11.3 Å². The summed E-state index contributed by atoms with van der Waals surface area (Å²) in [7, 11) is 0. The Morgan fingerprint density at radius 2 is 2.14 bits per heavy atom. The molecule has 3 heterocycles. The van der Waals surface area contributed by atoms with Crippen LogP contribution in [0.25, 0.3) is 4.96 Å². The molecule has 1 saturated heterocycles. The summed E-state index contributed by atoms with van der Waals surface area (Å²) in [6.45, 7) is 4.11. The standard InChI is InChI=1S/C20H22N4O3S/c1-13(2)24-16(25)12-27-18(17(24)14-6-4-3-5-7-14)19(26)21-10-15-11-23-8-9-28-20(23)22-15/h3-9,11,13,17-18H,10,12H2,1-2H3,(H,21,26)/t17-,18+/m1/s1. The van der Waals surface area contributed by atoms with Gasteiger partial charge in [-0.2, -0.15) is 0 Å². The van der Waals surface area contributed by atoms with Gasteiger partial charge in [0, 0.05) is 23.8 Å². The number of aromatic nitrogens is 2. The molecule has 3 aromatic rings. The Morgan fingerprint density at radius 1 is 1.36 bits per heavy atom. The molecule has 1 N–H and O–H groups in total. The van der Waals surface area contributed by atoms with Crippen LogP contribution in [0, 0.1) is 0 Å². The molecule has 1 aliphatic rings. The first-order chi connectivity index (χ1) is 13.5. The van der Waals surface area contributed by atoms with Gasteiger partial charge in [-0.25, -0.2) is 4.98 Å². The zero-order valence-electron chi connectivity index (χ0n) is 15.7. The zero-order chi connectivity index (χ0) is 19.7. The molecule has 1 fully saturated rings. The van der Waals surface area contributed by atoms with E-state index in [1.807, 2.05) is 66.4 Å². The van der Waals surface area contributed by atoms with Gasteiger partial charge in [0.25, 0.3) is 5.91 Å². The van der Waals surface area contributed by atoms with Crippen LogP contribution >= 0.6 is 11.3 Å². The van der Waals surface area contributed by atoms with E-state index in [0.717, 1.165) is 16.2 Å². The van der Waals surface area contributed by atoms with Crippen molar-refractivity contribution in [3.05, 3.63) is 59.4 Å². The second-order valence-corrected chi connectivity index (χ2v) is 7.90. The SMILES string of the molecule is CC(C)N1C(=O)CO[C@H](C(=O)NCc2cn3ccsc3n2)[C@H]1c1ccccc1. The smallest absolute Gasteiger partial charge is 0.252 e. The number of amides is 2. The summed E-state index contributed by atoms with van der Waals surface area (Å²) in [5, 5.41) is 4.88. The summed E-state index contributed by atoms with van der Waals surface area (Å²) in [6, 6.07) is 9.05. The van der Waals surface area contributed by atoms with E-state index in [4.69, 9.17) is 4.74 Å². The van der Waals surface area contributed by atoms with Crippen molar-refractivity contribution in [2.24, 2.45) is 0 Å². The van der Waals surface area contributed by atoms with Gasteiger partial charge in [0.2, 0.25) is 5.91 Å². The number of hydrogen-bond acceptors (Lipinski definition) is 5. The molecule has 0 radical (unpaired) electrons. The summed E-state index contributed by atoms with van der Waals surface area (Å²) in [6.07, 6.45) is 3.05. The van der Waals surface area contributed by atoms with Crippen molar-refractivity contribution in [3.8, 4) is 0 Å². The number of nitrogens with zero attached hydrogens (tertiary/aromatic N) is 3. The minimum atomic E-state index is -0.772. The summed E-state index contributed by atoms with van der Waals surface area (Å²) < 4.78 is 7.63. The highest BCUT2D eigenvalue weighted by atomic mass is 32.1. The third kappa shape index (κ3) is 3.53. The third-order valence-electron chi connectivity index (χ3n) is 4.80.